The smallest absolute Gasteiger partial charge is 0.260 e. The van der Waals surface area contributed by atoms with E-state index >= 15 is 0 Å². The molecule has 0 fully saturated rings. The zero-order chi connectivity index (χ0) is 21.5. The SMILES string of the molecule is Cc1ccc2c(N=C3C=C4OCCN=C4CC3=O)c(OCC[N+](C)(C)C)nn2c1C. The van der Waals surface area contributed by atoms with Gasteiger partial charge in [-0.1, -0.05) is 6.07 Å². The molecule has 1 aliphatic carbocycles. The molecule has 0 aromatic carbocycles. The lowest BCUT2D eigenvalue weighted by Crippen LogP contribution is -2.38. The molecule has 8 heteroatoms. The van der Waals surface area contributed by atoms with Crippen molar-refractivity contribution >= 4 is 28.4 Å². The Balaban J connectivity index is 1.78. The van der Waals surface area contributed by atoms with Crippen LogP contribution < -0.4 is 4.74 Å². The van der Waals surface area contributed by atoms with Gasteiger partial charge in [-0.25, -0.2) is 9.51 Å². The number of Topliss-reactive ketones (excluding diaryl/α,β-unsaturated/α-hetero) is 1. The molecular formula is C22H28N5O3+. The Labute approximate surface area is 176 Å². The number of rotatable bonds is 5. The van der Waals surface area contributed by atoms with Crippen molar-refractivity contribution in [3.63, 3.8) is 0 Å². The van der Waals surface area contributed by atoms with Crippen LogP contribution in [0.2, 0.25) is 0 Å². The molecule has 3 heterocycles. The summed E-state index contributed by atoms with van der Waals surface area (Å²) >= 11 is 0. The number of carbonyl (C=O) groups excluding carboxylic acids is 1. The number of pyridine rings is 1. The minimum atomic E-state index is -0.0801. The van der Waals surface area contributed by atoms with Crippen LogP contribution in [-0.4, -0.2) is 78.8 Å². The molecule has 0 saturated carbocycles. The second-order valence-electron chi connectivity index (χ2n) is 8.70. The Kier molecular flexibility index (Phi) is 5.19. The topological polar surface area (TPSA) is 77.5 Å². The quantitative estimate of drug-likeness (QED) is 0.710. The number of aryl methyl sites for hydroxylation is 2. The molecule has 0 saturated heterocycles. The number of aromatic nitrogens is 2. The minimum Gasteiger partial charge on any atom is -0.490 e. The first-order valence-electron chi connectivity index (χ1n) is 10.2. The van der Waals surface area contributed by atoms with Gasteiger partial charge in [-0.05, 0) is 25.5 Å². The minimum absolute atomic E-state index is 0.0801. The van der Waals surface area contributed by atoms with Crippen LogP contribution in [0.1, 0.15) is 17.7 Å². The first kappa shape index (κ1) is 20.3. The predicted molar refractivity (Wildman–Crippen MR) is 116 cm³/mol. The molecule has 2 aliphatic rings. The van der Waals surface area contributed by atoms with Gasteiger partial charge in [0.15, 0.2) is 11.5 Å². The second kappa shape index (κ2) is 7.68. The third-order valence-electron chi connectivity index (χ3n) is 5.29. The maximum Gasteiger partial charge on any atom is 0.260 e. The van der Waals surface area contributed by atoms with Gasteiger partial charge >= 0.3 is 0 Å². The van der Waals surface area contributed by atoms with E-state index in [-0.39, 0.29) is 12.2 Å². The first-order valence-corrected chi connectivity index (χ1v) is 10.2. The number of nitrogens with zero attached hydrogens (tertiary/aromatic N) is 5. The highest BCUT2D eigenvalue weighted by atomic mass is 16.5. The molecule has 4 rings (SSSR count). The average Bonchev–Trinajstić information content (AvgIpc) is 3.02. The normalized spacial score (nSPS) is 18.2. The number of hydrogen-bond acceptors (Lipinski definition) is 6. The molecule has 0 radical (unpaired) electrons. The molecule has 0 atom stereocenters. The van der Waals surface area contributed by atoms with E-state index in [2.05, 4.69) is 31.2 Å². The van der Waals surface area contributed by atoms with E-state index in [4.69, 9.17) is 14.5 Å². The maximum absolute atomic E-state index is 12.7. The van der Waals surface area contributed by atoms with Crippen LogP contribution in [0, 0.1) is 13.8 Å². The highest BCUT2D eigenvalue weighted by molar-refractivity contribution is 6.50. The number of likely N-dealkylation sites (N-methyl/N-ethyl adjacent to an activating group) is 1. The van der Waals surface area contributed by atoms with Crippen LogP contribution in [0.25, 0.3) is 5.52 Å². The van der Waals surface area contributed by atoms with Crippen LogP contribution in [0.3, 0.4) is 0 Å². The summed E-state index contributed by atoms with van der Waals surface area (Å²) in [7, 11) is 6.33. The van der Waals surface area contributed by atoms with Gasteiger partial charge in [0.1, 0.15) is 31.2 Å². The van der Waals surface area contributed by atoms with E-state index < -0.39 is 0 Å². The summed E-state index contributed by atoms with van der Waals surface area (Å²) < 4.78 is 14.3. The van der Waals surface area contributed by atoms with Crippen LogP contribution in [0.4, 0.5) is 5.69 Å². The lowest BCUT2D eigenvalue weighted by Gasteiger charge is -2.23. The summed E-state index contributed by atoms with van der Waals surface area (Å²) in [5, 5.41) is 4.66. The summed E-state index contributed by atoms with van der Waals surface area (Å²) in [5.74, 6) is 0.985. The molecule has 0 amide bonds. The Morgan fingerprint density at radius 2 is 2.07 bits per heavy atom. The summed E-state index contributed by atoms with van der Waals surface area (Å²) in [6.07, 6.45) is 1.89. The van der Waals surface area contributed by atoms with Gasteiger partial charge in [-0.2, -0.15) is 0 Å². The summed E-state index contributed by atoms with van der Waals surface area (Å²) in [4.78, 5) is 21.8. The second-order valence-corrected chi connectivity index (χ2v) is 8.70. The third-order valence-corrected chi connectivity index (χ3v) is 5.29. The average molecular weight is 410 g/mol. The van der Waals surface area contributed by atoms with E-state index in [9.17, 15) is 4.79 Å². The fourth-order valence-electron chi connectivity index (χ4n) is 3.35. The predicted octanol–water partition coefficient (Wildman–Crippen LogP) is 2.44. The lowest BCUT2D eigenvalue weighted by atomic mass is 10.00. The Morgan fingerprint density at radius 3 is 2.83 bits per heavy atom. The summed E-state index contributed by atoms with van der Waals surface area (Å²) in [6, 6.07) is 3.99. The van der Waals surface area contributed by atoms with Gasteiger partial charge in [0.2, 0.25) is 0 Å². The molecule has 30 heavy (non-hydrogen) atoms. The number of aliphatic imine (C=N–C) groups is 2. The van der Waals surface area contributed by atoms with E-state index in [1.165, 1.54) is 0 Å². The van der Waals surface area contributed by atoms with Crippen molar-refractivity contribution in [2.75, 3.05) is 47.4 Å². The zero-order valence-electron chi connectivity index (χ0n) is 18.2. The zero-order valence-corrected chi connectivity index (χ0v) is 18.2. The van der Waals surface area contributed by atoms with Crippen molar-refractivity contribution < 1.29 is 18.8 Å². The largest absolute Gasteiger partial charge is 0.490 e. The molecule has 0 spiro atoms. The maximum atomic E-state index is 12.7. The summed E-state index contributed by atoms with van der Waals surface area (Å²) in [5.41, 5.74) is 4.55. The monoisotopic (exact) mass is 410 g/mol. The van der Waals surface area contributed by atoms with Gasteiger partial charge in [0.05, 0.1) is 45.3 Å². The van der Waals surface area contributed by atoms with Gasteiger partial charge < -0.3 is 14.0 Å². The molecule has 2 aromatic heterocycles. The molecule has 0 unspecified atom stereocenters. The summed E-state index contributed by atoms with van der Waals surface area (Å²) in [6.45, 7) is 6.47. The van der Waals surface area contributed by atoms with Crippen LogP contribution >= 0.6 is 0 Å². The number of allylic oxidation sites excluding steroid dienone is 2. The number of fused-ring (bicyclic) bond motifs is 2. The van der Waals surface area contributed by atoms with Gasteiger partial charge in [-0.15, -0.1) is 5.10 Å². The fourth-order valence-corrected chi connectivity index (χ4v) is 3.35. The third kappa shape index (κ3) is 4.00. The van der Waals surface area contributed by atoms with Crippen LogP contribution in [-0.2, 0) is 9.53 Å². The van der Waals surface area contributed by atoms with E-state index in [1.54, 1.807) is 6.08 Å². The van der Waals surface area contributed by atoms with Crippen molar-refractivity contribution in [3.8, 4) is 5.88 Å². The highest BCUT2D eigenvalue weighted by Crippen LogP contribution is 2.34. The molecule has 8 nitrogen and oxygen atoms in total. The molecule has 0 N–H and O–H groups in total. The van der Waals surface area contributed by atoms with Gasteiger partial charge in [0.25, 0.3) is 5.88 Å². The molecule has 158 valence electrons. The van der Waals surface area contributed by atoms with Crippen molar-refractivity contribution in [2.24, 2.45) is 9.98 Å². The molecule has 0 bridgehead atoms. The van der Waals surface area contributed by atoms with E-state index in [1.807, 2.05) is 30.5 Å². The van der Waals surface area contributed by atoms with Crippen molar-refractivity contribution in [1.82, 2.24) is 9.61 Å². The van der Waals surface area contributed by atoms with Crippen LogP contribution in [0.5, 0.6) is 5.88 Å². The van der Waals surface area contributed by atoms with Crippen LogP contribution in [0.15, 0.2) is 34.0 Å². The standard InChI is InChI=1S/C22H28N5O3/c1-14-6-7-18-21(22(25-26(18)15(14)2)30-11-9-27(3,4)5)24-16-13-20-17(12-19(16)28)23-8-10-29-20/h6-7,13H,8-12H2,1-5H3/q+1. The molecular weight excluding hydrogens is 382 g/mol. The molecule has 2 aromatic rings. The van der Waals surface area contributed by atoms with E-state index in [0.717, 1.165) is 27.8 Å². The number of ether oxygens (including phenoxy) is 2. The number of ketones is 1. The Hall–Kier alpha value is -3.00. The Bertz CT molecular complexity index is 1100. The Morgan fingerprint density at radius 1 is 1.27 bits per heavy atom. The molecule has 1 aliphatic heterocycles. The van der Waals surface area contributed by atoms with E-state index in [0.29, 0.717) is 48.5 Å². The van der Waals surface area contributed by atoms with Crippen molar-refractivity contribution in [2.45, 2.75) is 20.3 Å². The highest BCUT2D eigenvalue weighted by Gasteiger charge is 2.27. The number of hydrogen-bond donors (Lipinski definition) is 0. The first-order chi connectivity index (χ1) is 14.2. The number of quaternary nitrogens is 1. The van der Waals surface area contributed by atoms with Gasteiger partial charge in [0, 0.05) is 11.8 Å². The van der Waals surface area contributed by atoms with Crippen molar-refractivity contribution in [1.29, 1.82) is 0 Å². The van der Waals surface area contributed by atoms with Gasteiger partial charge in [-0.3, -0.25) is 9.79 Å². The fraction of sp³-hybridized carbons (Fsp3) is 0.455. The number of carbonyl (C=O) groups is 1. The lowest BCUT2D eigenvalue weighted by molar-refractivity contribution is -0.870. The van der Waals surface area contributed by atoms with Crippen molar-refractivity contribution in [3.05, 3.63) is 35.2 Å².